The molecule has 144 valence electrons. The zero-order valence-corrected chi connectivity index (χ0v) is 15.5. The quantitative estimate of drug-likeness (QED) is 0.789. The van der Waals surface area contributed by atoms with E-state index in [2.05, 4.69) is 5.32 Å². The summed E-state index contributed by atoms with van der Waals surface area (Å²) in [5, 5.41) is 2.97. The van der Waals surface area contributed by atoms with Crippen LogP contribution in [-0.2, 0) is 11.2 Å². The van der Waals surface area contributed by atoms with Crippen molar-refractivity contribution in [3.63, 3.8) is 0 Å². The zero-order valence-electron chi connectivity index (χ0n) is 15.5. The summed E-state index contributed by atoms with van der Waals surface area (Å²) in [6.07, 6.45) is 1.54. The topological polar surface area (TPSA) is 50.8 Å². The van der Waals surface area contributed by atoms with Crippen LogP contribution in [0.5, 0.6) is 5.75 Å². The Bertz CT molecular complexity index is 734. The van der Waals surface area contributed by atoms with E-state index in [1.807, 2.05) is 24.3 Å². The maximum atomic E-state index is 13.1. The number of morpholine rings is 1. The summed E-state index contributed by atoms with van der Waals surface area (Å²) in [5.41, 5.74) is 2.10. The lowest BCUT2D eigenvalue weighted by atomic mass is 10.1. The number of aryl methyl sites for hydroxylation is 1. The van der Waals surface area contributed by atoms with E-state index in [0.29, 0.717) is 26.2 Å². The maximum Gasteiger partial charge on any atom is 0.317 e. The Morgan fingerprint density at radius 1 is 1.22 bits per heavy atom. The average Bonchev–Trinajstić information content (AvgIpc) is 2.72. The van der Waals surface area contributed by atoms with Crippen LogP contribution in [0.25, 0.3) is 0 Å². The molecule has 0 bridgehead atoms. The molecular formula is C21H25FN2O3. The molecule has 1 fully saturated rings. The van der Waals surface area contributed by atoms with Crippen LogP contribution < -0.4 is 10.1 Å². The highest BCUT2D eigenvalue weighted by atomic mass is 19.1. The van der Waals surface area contributed by atoms with Crippen LogP contribution in [-0.4, -0.2) is 44.3 Å². The third kappa shape index (κ3) is 5.44. The summed E-state index contributed by atoms with van der Waals surface area (Å²) in [6.45, 7) is 2.11. The third-order valence-corrected chi connectivity index (χ3v) is 4.67. The number of nitrogens with one attached hydrogen (secondary N) is 1. The largest absolute Gasteiger partial charge is 0.497 e. The number of halogens is 1. The van der Waals surface area contributed by atoms with Gasteiger partial charge in [-0.1, -0.05) is 24.3 Å². The maximum absolute atomic E-state index is 13.1. The van der Waals surface area contributed by atoms with E-state index in [-0.39, 0.29) is 18.0 Å². The van der Waals surface area contributed by atoms with Crippen LogP contribution in [0.1, 0.15) is 23.7 Å². The van der Waals surface area contributed by atoms with Gasteiger partial charge < -0.3 is 19.7 Å². The van der Waals surface area contributed by atoms with Crippen LogP contribution in [0.4, 0.5) is 9.18 Å². The molecule has 2 amide bonds. The summed E-state index contributed by atoms with van der Waals surface area (Å²) in [4.78, 5) is 14.2. The number of rotatable bonds is 6. The van der Waals surface area contributed by atoms with E-state index >= 15 is 0 Å². The number of ether oxygens (including phenoxy) is 2. The number of amides is 2. The third-order valence-electron chi connectivity index (χ3n) is 4.67. The lowest BCUT2D eigenvalue weighted by molar-refractivity contribution is -0.0154. The second-order valence-electron chi connectivity index (χ2n) is 6.54. The Labute approximate surface area is 159 Å². The number of carbonyl (C=O) groups excluding carboxylic acids is 1. The molecule has 0 aromatic heterocycles. The van der Waals surface area contributed by atoms with Gasteiger partial charge in [-0.2, -0.15) is 0 Å². The highest BCUT2D eigenvalue weighted by molar-refractivity contribution is 5.74. The number of hydrogen-bond donors (Lipinski definition) is 1. The second-order valence-corrected chi connectivity index (χ2v) is 6.54. The number of nitrogens with zero attached hydrogens (tertiary/aromatic N) is 1. The first-order valence-electron chi connectivity index (χ1n) is 9.18. The van der Waals surface area contributed by atoms with Gasteiger partial charge in [0.05, 0.1) is 20.3 Å². The van der Waals surface area contributed by atoms with Crippen molar-refractivity contribution in [1.82, 2.24) is 10.2 Å². The fourth-order valence-electron chi connectivity index (χ4n) is 3.10. The first-order chi connectivity index (χ1) is 13.2. The average molecular weight is 372 g/mol. The lowest BCUT2D eigenvalue weighted by Gasteiger charge is -2.33. The second kappa shape index (κ2) is 9.37. The zero-order chi connectivity index (χ0) is 19.1. The van der Waals surface area contributed by atoms with Crippen LogP contribution >= 0.6 is 0 Å². The molecule has 2 aromatic carbocycles. The summed E-state index contributed by atoms with van der Waals surface area (Å²) in [7, 11) is 1.65. The number of benzene rings is 2. The van der Waals surface area contributed by atoms with E-state index in [4.69, 9.17) is 9.47 Å². The summed E-state index contributed by atoms with van der Waals surface area (Å²) >= 11 is 0. The van der Waals surface area contributed by atoms with Gasteiger partial charge in [0.2, 0.25) is 0 Å². The first kappa shape index (κ1) is 19.2. The molecule has 1 aliphatic rings. The van der Waals surface area contributed by atoms with Gasteiger partial charge in [0.25, 0.3) is 0 Å². The van der Waals surface area contributed by atoms with E-state index in [0.717, 1.165) is 24.2 Å². The van der Waals surface area contributed by atoms with Crippen molar-refractivity contribution in [1.29, 1.82) is 0 Å². The molecular weight excluding hydrogens is 347 g/mol. The van der Waals surface area contributed by atoms with Gasteiger partial charge in [0.15, 0.2) is 0 Å². The smallest absolute Gasteiger partial charge is 0.317 e. The van der Waals surface area contributed by atoms with Crippen molar-refractivity contribution in [2.75, 3.05) is 33.4 Å². The standard InChI is InChI=1S/C21H25FN2O3/c1-26-19-10-4-16(5-11-19)3-2-12-23-21(25)24-13-14-27-20(15-24)17-6-8-18(22)9-7-17/h4-11,20H,2-3,12-15H2,1H3,(H,23,25). The monoisotopic (exact) mass is 372 g/mol. The highest BCUT2D eigenvalue weighted by Gasteiger charge is 2.25. The molecule has 0 radical (unpaired) electrons. The minimum Gasteiger partial charge on any atom is -0.497 e. The van der Waals surface area contributed by atoms with E-state index in [1.54, 1.807) is 24.1 Å². The Hall–Kier alpha value is -2.60. The van der Waals surface area contributed by atoms with Crippen molar-refractivity contribution in [3.8, 4) is 5.75 Å². The number of urea groups is 1. The van der Waals surface area contributed by atoms with Gasteiger partial charge in [-0.25, -0.2) is 9.18 Å². The normalized spacial score (nSPS) is 16.8. The van der Waals surface area contributed by atoms with Crippen molar-refractivity contribution in [2.45, 2.75) is 18.9 Å². The minimum absolute atomic E-state index is 0.0832. The first-order valence-corrected chi connectivity index (χ1v) is 9.18. The summed E-state index contributed by atoms with van der Waals surface area (Å²) in [6, 6.07) is 14.1. The van der Waals surface area contributed by atoms with Crippen molar-refractivity contribution in [3.05, 3.63) is 65.5 Å². The molecule has 1 saturated heterocycles. The van der Waals surface area contributed by atoms with Gasteiger partial charge in [0.1, 0.15) is 17.7 Å². The molecule has 2 aromatic rings. The van der Waals surface area contributed by atoms with Crippen molar-refractivity contribution in [2.24, 2.45) is 0 Å². The van der Waals surface area contributed by atoms with Crippen LogP contribution in [0.3, 0.4) is 0 Å². The molecule has 1 aliphatic heterocycles. The molecule has 0 spiro atoms. The summed E-state index contributed by atoms with van der Waals surface area (Å²) in [5.74, 6) is 0.566. The molecule has 1 unspecified atom stereocenters. The van der Waals surface area contributed by atoms with Crippen molar-refractivity contribution >= 4 is 6.03 Å². The Kier molecular flexibility index (Phi) is 6.65. The predicted octanol–water partition coefficient (Wildman–Crippen LogP) is 3.55. The lowest BCUT2D eigenvalue weighted by Crippen LogP contribution is -2.47. The SMILES string of the molecule is COc1ccc(CCCNC(=O)N2CCOC(c3ccc(F)cc3)C2)cc1. The predicted molar refractivity (Wildman–Crippen MR) is 101 cm³/mol. The van der Waals surface area contributed by atoms with Gasteiger partial charge in [-0.3, -0.25) is 0 Å². The number of methoxy groups -OCH3 is 1. The Balaban J connectivity index is 1.42. The molecule has 5 nitrogen and oxygen atoms in total. The van der Waals surface area contributed by atoms with Gasteiger partial charge in [-0.05, 0) is 48.2 Å². The fraction of sp³-hybridized carbons (Fsp3) is 0.381. The van der Waals surface area contributed by atoms with Crippen molar-refractivity contribution < 1.29 is 18.7 Å². The molecule has 1 atom stereocenters. The molecule has 27 heavy (non-hydrogen) atoms. The number of hydrogen-bond acceptors (Lipinski definition) is 3. The van der Waals surface area contributed by atoms with Gasteiger partial charge in [-0.15, -0.1) is 0 Å². The van der Waals surface area contributed by atoms with E-state index in [9.17, 15) is 9.18 Å². The molecule has 0 aliphatic carbocycles. The highest BCUT2D eigenvalue weighted by Crippen LogP contribution is 2.22. The Morgan fingerprint density at radius 2 is 1.96 bits per heavy atom. The minimum atomic E-state index is -0.277. The molecule has 6 heteroatoms. The van der Waals surface area contributed by atoms with Crippen LogP contribution in [0.2, 0.25) is 0 Å². The van der Waals surface area contributed by atoms with Crippen LogP contribution in [0.15, 0.2) is 48.5 Å². The fourth-order valence-corrected chi connectivity index (χ4v) is 3.10. The molecule has 0 saturated carbocycles. The molecule has 3 rings (SSSR count). The van der Waals surface area contributed by atoms with Gasteiger partial charge in [0, 0.05) is 13.1 Å². The van der Waals surface area contributed by atoms with E-state index in [1.165, 1.54) is 17.7 Å². The summed E-state index contributed by atoms with van der Waals surface area (Å²) < 4.78 is 24.0. The van der Waals surface area contributed by atoms with E-state index < -0.39 is 0 Å². The molecule has 1 heterocycles. The Morgan fingerprint density at radius 3 is 2.67 bits per heavy atom. The number of carbonyl (C=O) groups is 1. The van der Waals surface area contributed by atoms with Gasteiger partial charge >= 0.3 is 6.03 Å². The van der Waals surface area contributed by atoms with Crippen LogP contribution in [0, 0.1) is 5.82 Å². The molecule has 1 N–H and O–H groups in total.